The van der Waals surface area contributed by atoms with E-state index in [4.69, 9.17) is 11.6 Å². The Kier molecular flexibility index (Phi) is 13.4. The number of piperidine rings is 1. The van der Waals surface area contributed by atoms with Crippen LogP contribution in [0.15, 0.2) is 42.0 Å². The molecule has 3 rings (SSSR count). The molecule has 2 aliphatic heterocycles. The van der Waals surface area contributed by atoms with E-state index in [2.05, 4.69) is 72.8 Å². The summed E-state index contributed by atoms with van der Waals surface area (Å²) in [7, 11) is 0. The van der Waals surface area contributed by atoms with Crippen LogP contribution in [0.1, 0.15) is 88.6 Å². The molecule has 1 aromatic rings. The molecule has 0 amide bonds. The molecule has 2 aliphatic rings. The summed E-state index contributed by atoms with van der Waals surface area (Å²) in [5.74, 6) is 1.27. The number of hydrogen-bond acceptors (Lipinski definition) is 4. The number of halogens is 1. The number of likely N-dealkylation sites (tertiary alicyclic amines) is 1. The first kappa shape index (κ1) is 30.9. The predicted octanol–water partition coefficient (Wildman–Crippen LogP) is 7.57. The molecule has 1 aromatic carbocycles. The molecule has 5 heteroatoms. The molecule has 2 fully saturated rings. The summed E-state index contributed by atoms with van der Waals surface area (Å²) in [5, 5.41) is 0. The number of rotatable bonds is 12. The van der Waals surface area contributed by atoms with Gasteiger partial charge in [-0.05, 0) is 88.9 Å². The molecule has 0 N–H and O–H groups in total. The van der Waals surface area contributed by atoms with Crippen molar-refractivity contribution < 1.29 is 4.79 Å². The standard InChI is InChI=1S/C33H52ClN3O/c1-5-8-13-30-15-14-29(26-38)23-33(30)37-22-21-36(20-10-19-35-18-9-12-28(7-3)25-35)32(16-17-34)24-31(11-6-2)27(37)4/h6,11,14-17,23,26-28,31-32H,5,7-10,12-13,18-22,24-25H2,1-4H3/b11-6-,17-16+. The molecule has 0 spiro atoms. The van der Waals surface area contributed by atoms with Crippen LogP contribution in [0.4, 0.5) is 5.69 Å². The zero-order valence-corrected chi connectivity index (χ0v) is 25.2. The van der Waals surface area contributed by atoms with Gasteiger partial charge < -0.3 is 9.80 Å². The minimum absolute atomic E-state index is 0.334. The van der Waals surface area contributed by atoms with Crippen molar-refractivity contribution in [3.05, 3.63) is 53.1 Å². The van der Waals surface area contributed by atoms with Gasteiger partial charge in [0.25, 0.3) is 0 Å². The van der Waals surface area contributed by atoms with E-state index in [1.54, 1.807) is 5.54 Å². The van der Waals surface area contributed by atoms with Crippen molar-refractivity contribution in [2.24, 2.45) is 11.8 Å². The Morgan fingerprint density at radius 2 is 1.92 bits per heavy atom. The van der Waals surface area contributed by atoms with Crippen LogP contribution in [-0.4, -0.2) is 67.4 Å². The highest BCUT2D eigenvalue weighted by Crippen LogP contribution is 2.32. The van der Waals surface area contributed by atoms with Crippen LogP contribution in [0.5, 0.6) is 0 Å². The van der Waals surface area contributed by atoms with E-state index in [9.17, 15) is 4.79 Å². The van der Waals surface area contributed by atoms with Gasteiger partial charge in [-0.2, -0.15) is 0 Å². The fraction of sp³-hybridized carbons (Fsp3) is 0.667. The number of aryl methyl sites for hydroxylation is 1. The summed E-state index contributed by atoms with van der Waals surface area (Å²) in [6.45, 7) is 15.8. The molecule has 0 aromatic heterocycles. The van der Waals surface area contributed by atoms with Crippen molar-refractivity contribution in [3.63, 3.8) is 0 Å². The van der Waals surface area contributed by atoms with Gasteiger partial charge >= 0.3 is 0 Å². The lowest BCUT2D eigenvalue weighted by Gasteiger charge is -2.44. The van der Waals surface area contributed by atoms with Gasteiger partial charge in [0.2, 0.25) is 0 Å². The normalized spacial score (nSPS) is 26.2. The lowest BCUT2D eigenvalue weighted by atomic mass is 9.88. The minimum Gasteiger partial charge on any atom is -0.367 e. The number of unbranched alkanes of at least 4 members (excludes halogenated alkanes) is 1. The van der Waals surface area contributed by atoms with Crippen molar-refractivity contribution in [2.75, 3.05) is 44.2 Å². The molecule has 0 bridgehead atoms. The topological polar surface area (TPSA) is 26.8 Å². The monoisotopic (exact) mass is 541 g/mol. The van der Waals surface area contributed by atoms with E-state index in [0.717, 1.165) is 56.7 Å². The number of allylic oxidation sites excluding steroid dienone is 1. The number of carbonyl (C=O) groups is 1. The van der Waals surface area contributed by atoms with Gasteiger partial charge in [-0.15, -0.1) is 0 Å². The maximum Gasteiger partial charge on any atom is 0.150 e. The highest BCUT2D eigenvalue weighted by atomic mass is 35.5. The molecule has 4 unspecified atom stereocenters. The molecular weight excluding hydrogens is 490 g/mol. The number of hydrogen-bond donors (Lipinski definition) is 0. The van der Waals surface area contributed by atoms with Gasteiger partial charge in [-0.1, -0.05) is 68.7 Å². The maximum atomic E-state index is 11.7. The molecule has 0 saturated carbocycles. The molecule has 0 aliphatic carbocycles. The lowest BCUT2D eigenvalue weighted by Crippen LogP contribution is -2.51. The average molecular weight is 542 g/mol. The lowest BCUT2D eigenvalue weighted by molar-refractivity contribution is 0.112. The third-order valence-corrected chi connectivity index (χ3v) is 9.06. The minimum atomic E-state index is 0.334. The number of nitrogens with zero attached hydrogens (tertiary/aromatic N) is 3. The van der Waals surface area contributed by atoms with Gasteiger partial charge in [0.15, 0.2) is 0 Å². The first-order chi connectivity index (χ1) is 18.5. The van der Waals surface area contributed by atoms with Crippen LogP contribution in [-0.2, 0) is 6.42 Å². The Labute approximate surface area is 238 Å². The molecule has 4 nitrogen and oxygen atoms in total. The van der Waals surface area contributed by atoms with Crippen LogP contribution in [0.25, 0.3) is 0 Å². The Morgan fingerprint density at radius 3 is 2.63 bits per heavy atom. The Balaban J connectivity index is 1.82. The van der Waals surface area contributed by atoms with Gasteiger partial charge in [0.05, 0.1) is 0 Å². The maximum absolute atomic E-state index is 11.7. The molecule has 4 atom stereocenters. The molecule has 0 radical (unpaired) electrons. The van der Waals surface area contributed by atoms with Crippen LogP contribution in [0, 0.1) is 11.8 Å². The second-order valence-electron chi connectivity index (χ2n) is 11.5. The van der Waals surface area contributed by atoms with E-state index in [1.807, 2.05) is 6.07 Å². The van der Waals surface area contributed by atoms with Crippen molar-refractivity contribution in [1.29, 1.82) is 0 Å². The first-order valence-corrected chi connectivity index (χ1v) is 15.7. The van der Waals surface area contributed by atoms with Crippen LogP contribution < -0.4 is 4.90 Å². The third kappa shape index (κ3) is 8.69. The van der Waals surface area contributed by atoms with E-state index < -0.39 is 0 Å². The average Bonchev–Trinajstić information content (AvgIpc) is 2.94. The van der Waals surface area contributed by atoms with Crippen molar-refractivity contribution in [2.45, 2.75) is 91.1 Å². The second kappa shape index (κ2) is 16.5. The van der Waals surface area contributed by atoms with Gasteiger partial charge in [0, 0.05) is 55.0 Å². The van der Waals surface area contributed by atoms with Crippen molar-refractivity contribution in [3.8, 4) is 0 Å². The highest BCUT2D eigenvalue weighted by Gasteiger charge is 2.31. The van der Waals surface area contributed by atoms with Gasteiger partial charge in [-0.25, -0.2) is 0 Å². The number of benzene rings is 1. The molecule has 2 heterocycles. The smallest absolute Gasteiger partial charge is 0.150 e. The van der Waals surface area contributed by atoms with Crippen molar-refractivity contribution in [1.82, 2.24) is 9.80 Å². The van der Waals surface area contributed by atoms with E-state index in [0.29, 0.717) is 18.0 Å². The largest absolute Gasteiger partial charge is 0.367 e. The highest BCUT2D eigenvalue weighted by molar-refractivity contribution is 6.25. The summed E-state index contributed by atoms with van der Waals surface area (Å²) in [4.78, 5) is 19.7. The third-order valence-electron chi connectivity index (χ3n) is 8.91. The van der Waals surface area contributed by atoms with E-state index in [1.165, 1.54) is 63.0 Å². The summed E-state index contributed by atoms with van der Waals surface area (Å²) in [6, 6.07) is 6.97. The summed E-state index contributed by atoms with van der Waals surface area (Å²) < 4.78 is 0. The number of anilines is 1. The van der Waals surface area contributed by atoms with Crippen LogP contribution in [0.2, 0.25) is 0 Å². The molecular formula is C33H52ClN3O. The Hall–Kier alpha value is -1.62. The van der Waals surface area contributed by atoms with Gasteiger partial charge in [-0.3, -0.25) is 9.69 Å². The van der Waals surface area contributed by atoms with Crippen LogP contribution >= 0.6 is 11.6 Å². The van der Waals surface area contributed by atoms with Gasteiger partial charge in [0.1, 0.15) is 6.29 Å². The zero-order valence-electron chi connectivity index (χ0n) is 24.5. The fourth-order valence-electron chi connectivity index (χ4n) is 6.54. The number of carbonyl (C=O) groups excluding carboxylic acids is 1. The van der Waals surface area contributed by atoms with Crippen LogP contribution in [0.3, 0.4) is 0 Å². The predicted molar refractivity (Wildman–Crippen MR) is 165 cm³/mol. The SMILES string of the molecule is C/C=C\C1CC(/C=C/Cl)N(CCCN2CCCC(CC)C2)CCN(c2cc(C=O)ccc2CCCC)C1C. The second-order valence-corrected chi connectivity index (χ2v) is 11.7. The first-order valence-electron chi connectivity index (χ1n) is 15.2. The number of aldehydes is 1. The van der Waals surface area contributed by atoms with Crippen molar-refractivity contribution >= 4 is 23.6 Å². The van der Waals surface area contributed by atoms with E-state index in [-0.39, 0.29) is 0 Å². The zero-order chi connectivity index (χ0) is 27.3. The van der Waals surface area contributed by atoms with E-state index >= 15 is 0 Å². The molecule has 212 valence electrons. The quantitative estimate of drug-likeness (QED) is 0.201. The fourth-order valence-corrected chi connectivity index (χ4v) is 6.70. The summed E-state index contributed by atoms with van der Waals surface area (Å²) >= 11 is 6.19. The Bertz CT molecular complexity index is 900. The summed E-state index contributed by atoms with van der Waals surface area (Å²) in [5.41, 5.74) is 5.10. The molecule has 38 heavy (non-hydrogen) atoms. The summed E-state index contributed by atoms with van der Waals surface area (Å²) in [6.07, 6.45) is 17.4. The molecule has 2 saturated heterocycles. The Morgan fingerprint density at radius 1 is 1.08 bits per heavy atom.